The number of hydrogen-bond acceptors (Lipinski definition) is 4. The van der Waals surface area contributed by atoms with E-state index < -0.39 is 0 Å². The largest absolute Gasteiger partial charge is 0.507 e. The molecule has 2 aromatic rings. The number of rotatable bonds is 2. The molecule has 0 aliphatic heterocycles. The molecule has 2 N–H and O–H groups in total. The Kier molecular flexibility index (Phi) is 2.97. The van der Waals surface area contributed by atoms with Gasteiger partial charge in [0.1, 0.15) is 17.2 Å². The lowest BCUT2D eigenvalue weighted by Gasteiger charge is -2.06. The number of halogens is 1. The van der Waals surface area contributed by atoms with E-state index in [2.05, 4.69) is 4.98 Å². The van der Waals surface area contributed by atoms with Gasteiger partial charge < -0.3 is 10.2 Å². The molecule has 17 heavy (non-hydrogen) atoms. The number of nitrogens with zero attached hydrogens (tertiary/aromatic N) is 1. The van der Waals surface area contributed by atoms with Crippen molar-refractivity contribution in [3.8, 4) is 22.6 Å². The fraction of sp³-hybridized carbons (Fsp3) is 0. The first kappa shape index (κ1) is 11.4. The summed E-state index contributed by atoms with van der Waals surface area (Å²) in [6, 6.07) is 5.89. The standard InChI is InChI=1S/C12H8ClNO3/c13-8-1-2-11(16)9(4-8)7-3-12(17)10(6-15)14-5-7/h1-6,16-17H. The summed E-state index contributed by atoms with van der Waals surface area (Å²) >= 11 is 5.81. The van der Waals surface area contributed by atoms with E-state index in [9.17, 15) is 15.0 Å². The molecular formula is C12H8ClNO3. The van der Waals surface area contributed by atoms with Gasteiger partial charge in [-0.2, -0.15) is 0 Å². The molecule has 2 rings (SSSR count). The molecule has 0 radical (unpaired) electrons. The smallest absolute Gasteiger partial charge is 0.172 e. The van der Waals surface area contributed by atoms with Crippen LogP contribution in [0.15, 0.2) is 30.5 Å². The number of carbonyl (C=O) groups excluding carboxylic acids is 1. The Morgan fingerprint density at radius 2 is 1.94 bits per heavy atom. The van der Waals surface area contributed by atoms with Crippen molar-refractivity contribution >= 4 is 17.9 Å². The first-order valence-electron chi connectivity index (χ1n) is 4.75. The lowest BCUT2D eigenvalue weighted by atomic mass is 10.1. The van der Waals surface area contributed by atoms with Crippen molar-refractivity contribution in [2.24, 2.45) is 0 Å². The Bertz CT molecular complexity index is 584. The van der Waals surface area contributed by atoms with Crippen LogP contribution in [0.25, 0.3) is 11.1 Å². The second kappa shape index (κ2) is 4.43. The highest BCUT2D eigenvalue weighted by Gasteiger charge is 2.09. The van der Waals surface area contributed by atoms with Crippen LogP contribution in [0.5, 0.6) is 11.5 Å². The van der Waals surface area contributed by atoms with Crippen molar-refractivity contribution in [2.45, 2.75) is 0 Å². The summed E-state index contributed by atoms with van der Waals surface area (Å²) in [5.74, 6) is -0.216. The number of aromatic nitrogens is 1. The lowest BCUT2D eigenvalue weighted by molar-refractivity contribution is 0.111. The first-order chi connectivity index (χ1) is 8.11. The van der Waals surface area contributed by atoms with Crippen molar-refractivity contribution in [3.05, 3.63) is 41.2 Å². The Morgan fingerprint density at radius 3 is 2.59 bits per heavy atom. The zero-order chi connectivity index (χ0) is 12.4. The lowest BCUT2D eigenvalue weighted by Crippen LogP contribution is -1.89. The molecular weight excluding hydrogens is 242 g/mol. The zero-order valence-corrected chi connectivity index (χ0v) is 9.35. The number of carbonyl (C=O) groups is 1. The van der Waals surface area contributed by atoms with Crippen LogP contribution >= 0.6 is 11.6 Å². The van der Waals surface area contributed by atoms with E-state index in [0.29, 0.717) is 22.4 Å². The molecule has 1 aromatic heterocycles. The van der Waals surface area contributed by atoms with Gasteiger partial charge in [0.05, 0.1) is 0 Å². The monoisotopic (exact) mass is 249 g/mol. The van der Waals surface area contributed by atoms with E-state index in [0.717, 1.165) is 0 Å². The van der Waals surface area contributed by atoms with E-state index in [1.165, 1.54) is 18.3 Å². The number of phenolic OH excluding ortho intramolecular Hbond substituents is 1. The highest BCUT2D eigenvalue weighted by molar-refractivity contribution is 6.31. The number of phenols is 1. The molecule has 0 saturated heterocycles. The fourth-order valence-electron chi connectivity index (χ4n) is 1.44. The van der Waals surface area contributed by atoms with Crippen LogP contribution in [0.2, 0.25) is 5.02 Å². The minimum Gasteiger partial charge on any atom is -0.507 e. The van der Waals surface area contributed by atoms with Gasteiger partial charge in [-0.05, 0) is 24.3 Å². The quantitative estimate of drug-likeness (QED) is 0.803. The van der Waals surface area contributed by atoms with Crippen molar-refractivity contribution in [2.75, 3.05) is 0 Å². The Labute approximate surface area is 102 Å². The molecule has 5 heteroatoms. The van der Waals surface area contributed by atoms with Gasteiger partial charge in [-0.25, -0.2) is 4.98 Å². The fourth-order valence-corrected chi connectivity index (χ4v) is 1.61. The minimum absolute atomic E-state index is 0.0226. The third-order valence-electron chi connectivity index (χ3n) is 2.28. The third kappa shape index (κ3) is 2.21. The number of benzene rings is 1. The average Bonchev–Trinajstić information content (AvgIpc) is 2.32. The van der Waals surface area contributed by atoms with Gasteiger partial charge >= 0.3 is 0 Å². The highest BCUT2D eigenvalue weighted by Crippen LogP contribution is 2.33. The molecule has 0 atom stereocenters. The van der Waals surface area contributed by atoms with Crippen molar-refractivity contribution < 1.29 is 15.0 Å². The molecule has 0 amide bonds. The van der Waals surface area contributed by atoms with Crippen molar-refractivity contribution in [3.63, 3.8) is 0 Å². The predicted octanol–water partition coefficient (Wildman–Crippen LogP) is 2.63. The van der Waals surface area contributed by atoms with Gasteiger partial charge in [0, 0.05) is 22.3 Å². The predicted molar refractivity (Wildman–Crippen MR) is 63.4 cm³/mol. The summed E-state index contributed by atoms with van der Waals surface area (Å²) in [5.41, 5.74) is 0.876. The van der Waals surface area contributed by atoms with Gasteiger partial charge in [0.25, 0.3) is 0 Å². The number of hydrogen-bond donors (Lipinski definition) is 2. The second-order valence-corrected chi connectivity index (χ2v) is 3.84. The summed E-state index contributed by atoms with van der Waals surface area (Å²) in [6.07, 6.45) is 1.84. The molecule has 0 saturated carbocycles. The van der Waals surface area contributed by atoms with Crippen LogP contribution in [-0.2, 0) is 0 Å². The summed E-state index contributed by atoms with van der Waals surface area (Å²) < 4.78 is 0. The SMILES string of the molecule is O=Cc1ncc(-c2cc(Cl)ccc2O)cc1O. The molecule has 0 aliphatic carbocycles. The average molecular weight is 250 g/mol. The minimum atomic E-state index is -0.239. The number of aldehydes is 1. The van der Waals surface area contributed by atoms with Crippen molar-refractivity contribution in [1.82, 2.24) is 4.98 Å². The zero-order valence-electron chi connectivity index (χ0n) is 8.59. The summed E-state index contributed by atoms with van der Waals surface area (Å²) in [5, 5.41) is 19.6. The third-order valence-corrected chi connectivity index (χ3v) is 2.51. The second-order valence-electron chi connectivity index (χ2n) is 3.41. The maximum atomic E-state index is 10.5. The molecule has 1 heterocycles. The van der Waals surface area contributed by atoms with Gasteiger partial charge in [0.15, 0.2) is 6.29 Å². The molecule has 0 unspecified atom stereocenters. The first-order valence-corrected chi connectivity index (χ1v) is 5.12. The van der Waals surface area contributed by atoms with Gasteiger partial charge in [-0.15, -0.1) is 0 Å². The van der Waals surface area contributed by atoms with Gasteiger partial charge in [-0.1, -0.05) is 11.6 Å². The van der Waals surface area contributed by atoms with E-state index in [-0.39, 0.29) is 17.2 Å². The normalized spacial score (nSPS) is 10.2. The molecule has 1 aromatic carbocycles. The Morgan fingerprint density at radius 1 is 1.18 bits per heavy atom. The Balaban J connectivity index is 2.57. The number of pyridine rings is 1. The summed E-state index contributed by atoms with van der Waals surface area (Å²) in [4.78, 5) is 14.3. The molecule has 0 aliphatic rings. The van der Waals surface area contributed by atoms with Crippen LogP contribution in [0, 0.1) is 0 Å². The van der Waals surface area contributed by atoms with Crippen LogP contribution < -0.4 is 0 Å². The molecule has 86 valence electrons. The molecule has 0 bridgehead atoms. The maximum Gasteiger partial charge on any atom is 0.172 e. The van der Waals surface area contributed by atoms with E-state index >= 15 is 0 Å². The van der Waals surface area contributed by atoms with Crippen LogP contribution in [0.3, 0.4) is 0 Å². The van der Waals surface area contributed by atoms with Crippen LogP contribution in [0.1, 0.15) is 10.5 Å². The van der Waals surface area contributed by atoms with Gasteiger partial charge in [0.2, 0.25) is 0 Å². The van der Waals surface area contributed by atoms with E-state index in [1.54, 1.807) is 12.1 Å². The van der Waals surface area contributed by atoms with Crippen LogP contribution in [-0.4, -0.2) is 21.5 Å². The maximum absolute atomic E-state index is 10.5. The molecule has 4 nitrogen and oxygen atoms in total. The van der Waals surface area contributed by atoms with Gasteiger partial charge in [-0.3, -0.25) is 4.79 Å². The number of aromatic hydroxyl groups is 2. The molecule has 0 fully saturated rings. The Hall–Kier alpha value is -2.07. The summed E-state index contributed by atoms with van der Waals surface area (Å²) in [6.45, 7) is 0. The van der Waals surface area contributed by atoms with Crippen LogP contribution in [0.4, 0.5) is 0 Å². The van der Waals surface area contributed by atoms with Crippen molar-refractivity contribution in [1.29, 1.82) is 0 Å². The van der Waals surface area contributed by atoms with E-state index in [4.69, 9.17) is 11.6 Å². The highest BCUT2D eigenvalue weighted by atomic mass is 35.5. The van der Waals surface area contributed by atoms with E-state index in [1.807, 2.05) is 0 Å². The topological polar surface area (TPSA) is 70.4 Å². The molecule has 0 spiro atoms. The summed E-state index contributed by atoms with van der Waals surface area (Å²) in [7, 11) is 0.